The average molecular weight is 377 g/mol. The van der Waals surface area contributed by atoms with Gasteiger partial charge in [-0.3, -0.25) is 9.97 Å². The molecule has 2 aromatic carbocycles. The molecule has 6 nitrogen and oxygen atoms in total. The Balaban J connectivity index is 0.000000411. The first-order valence-corrected chi connectivity index (χ1v) is 6.81. The van der Waals surface area contributed by atoms with Crippen molar-refractivity contribution < 1.29 is 39.7 Å². The summed E-state index contributed by atoms with van der Waals surface area (Å²) < 4.78 is 0. The number of pyridine rings is 2. The van der Waals surface area contributed by atoms with Gasteiger partial charge in [-0.1, -0.05) is 36.4 Å². The molecule has 0 aliphatic rings. The number of rotatable bonds is 0. The smallest absolute Gasteiger partial charge is 0.141 e. The van der Waals surface area contributed by atoms with Crippen molar-refractivity contribution in [1.29, 1.82) is 0 Å². The maximum atomic E-state index is 9.31. The number of hydrogen-bond acceptors (Lipinski definition) is 4. The minimum atomic E-state index is 0. The van der Waals surface area contributed by atoms with E-state index in [9.17, 15) is 10.2 Å². The molecule has 0 saturated heterocycles. The summed E-state index contributed by atoms with van der Waals surface area (Å²) in [4.78, 5) is 8.06. The normalized spacial score (nSPS) is 8.96. The van der Waals surface area contributed by atoms with Gasteiger partial charge in [-0.15, -0.1) is 0 Å². The van der Waals surface area contributed by atoms with Crippen LogP contribution in [0.15, 0.2) is 73.1 Å². The zero-order valence-corrected chi connectivity index (χ0v) is 14.6. The standard InChI is InChI=1S/2C9H7NO.2H2O.V/c2*11-8-5-1-3-7-4-2-6-10-9(7)8;;;/h2*1-6,11H;2*1H2;. The first-order valence-electron chi connectivity index (χ1n) is 6.81. The van der Waals surface area contributed by atoms with Gasteiger partial charge in [-0.05, 0) is 24.3 Å². The average Bonchev–Trinajstić information content (AvgIpc) is 2.57. The van der Waals surface area contributed by atoms with Gasteiger partial charge in [0.05, 0.1) is 0 Å². The molecule has 0 aliphatic heterocycles. The number of nitrogens with zero attached hydrogens (tertiary/aromatic N) is 2. The maximum absolute atomic E-state index is 9.31. The van der Waals surface area contributed by atoms with Crippen molar-refractivity contribution in [2.45, 2.75) is 0 Å². The molecular weight excluding hydrogens is 359 g/mol. The van der Waals surface area contributed by atoms with E-state index in [1.165, 1.54) is 0 Å². The Labute approximate surface area is 156 Å². The van der Waals surface area contributed by atoms with E-state index in [0.717, 1.165) is 10.8 Å². The van der Waals surface area contributed by atoms with E-state index in [0.29, 0.717) is 11.0 Å². The Morgan fingerprint density at radius 2 is 0.920 bits per heavy atom. The maximum Gasteiger partial charge on any atom is 0.141 e. The summed E-state index contributed by atoms with van der Waals surface area (Å²) in [6.07, 6.45) is 3.34. The monoisotopic (exact) mass is 377 g/mol. The number of aromatic nitrogens is 2. The van der Waals surface area contributed by atoms with E-state index in [4.69, 9.17) is 0 Å². The SMILES string of the molecule is O.O.Oc1cccc2cccnc12.Oc1cccc2cccnc12.[V]. The second kappa shape index (κ2) is 10.3. The first-order chi connectivity index (χ1) is 10.8. The van der Waals surface area contributed by atoms with Crippen molar-refractivity contribution in [3.63, 3.8) is 0 Å². The summed E-state index contributed by atoms with van der Waals surface area (Å²) in [5.74, 6) is 0.478. The Hall–Kier alpha value is -2.64. The molecule has 0 atom stereocenters. The van der Waals surface area contributed by atoms with Crippen LogP contribution in [0.5, 0.6) is 11.5 Å². The zero-order chi connectivity index (χ0) is 15.4. The molecule has 4 aromatic rings. The van der Waals surface area contributed by atoms with E-state index in [1.54, 1.807) is 36.7 Å². The minimum Gasteiger partial charge on any atom is -0.506 e. The van der Waals surface area contributed by atoms with Crippen molar-refractivity contribution in [1.82, 2.24) is 9.97 Å². The molecule has 0 fully saturated rings. The second-order valence-corrected chi connectivity index (χ2v) is 4.70. The van der Waals surface area contributed by atoms with Crippen LogP contribution in [-0.4, -0.2) is 31.1 Å². The summed E-state index contributed by atoms with van der Waals surface area (Å²) in [5, 5.41) is 20.5. The molecule has 0 bridgehead atoms. The van der Waals surface area contributed by atoms with Gasteiger partial charge >= 0.3 is 0 Å². The number of para-hydroxylation sites is 2. The predicted molar refractivity (Wildman–Crippen MR) is 94.0 cm³/mol. The van der Waals surface area contributed by atoms with Crippen molar-refractivity contribution in [2.75, 3.05) is 0 Å². The van der Waals surface area contributed by atoms with E-state index >= 15 is 0 Å². The van der Waals surface area contributed by atoms with Crippen LogP contribution in [0.25, 0.3) is 21.8 Å². The van der Waals surface area contributed by atoms with E-state index in [1.807, 2.05) is 36.4 Å². The molecule has 129 valence electrons. The summed E-state index contributed by atoms with van der Waals surface area (Å²) in [6.45, 7) is 0. The topological polar surface area (TPSA) is 129 Å². The molecule has 6 N–H and O–H groups in total. The molecule has 0 aliphatic carbocycles. The Bertz CT molecular complexity index is 847. The van der Waals surface area contributed by atoms with Crippen LogP contribution >= 0.6 is 0 Å². The number of phenolic OH excluding ortho intramolecular Hbond substituents is 2. The summed E-state index contributed by atoms with van der Waals surface area (Å²) >= 11 is 0. The van der Waals surface area contributed by atoms with Gasteiger partial charge in [0.15, 0.2) is 0 Å². The van der Waals surface area contributed by atoms with Gasteiger partial charge in [0.2, 0.25) is 0 Å². The fraction of sp³-hybridized carbons (Fsp3) is 0. The minimum absolute atomic E-state index is 0. The molecule has 0 amide bonds. The van der Waals surface area contributed by atoms with E-state index < -0.39 is 0 Å². The first kappa shape index (κ1) is 22.4. The van der Waals surface area contributed by atoms with Gasteiger partial charge in [-0.25, -0.2) is 0 Å². The van der Waals surface area contributed by atoms with Crippen molar-refractivity contribution >= 4 is 21.8 Å². The van der Waals surface area contributed by atoms with Crippen LogP contribution in [0.3, 0.4) is 0 Å². The number of phenols is 2. The number of hydrogen-bond donors (Lipinski definition) is 2. The Kier molecular flexibility index (Phi) is 9.19. The van der Waals surface area contributed by atoms with Crippen LogP contribution < -0.4 is 0 Å². The summed E-state index contributed by atoms with van der Waals surface area (Å²) in [6, 6.07) is 18.3. The molecule has 0 unspecified atom stereocenters. The molecule has 1 radical (unpaired) electrons. The molecule has 7 heteroatoms. The molecule has 0 saturated carbocycles. The van der Waals surface area contributed by atoms with Gasteiger partial charge in [0.25, 0.3) is 0 Å². The third kappa shape index (κ3) is 5.17. The Morgan fingerprint density at radius 1 is 0.560 bits per heavy atom. The largest absolute Gasteiger partial charge is 0.506 e. The quantitative estimate of drug-likeness (QED) is 0.487. The molecule has 2 heterocycles. The van der Waals surface area contributed by atoms with Gasteiger partial charge in [0, 0.05) is 41.7 Å². The predicted octanol–water partition coefficient (Wildman–Crippen LogP) is 2.23. The zero-order valence-electron chi connectivity index (χ0n) is 13.2. The molecule has 25 heavy (non-hydrogen) atoms. The number of fused-ring (bicyclic) bond motifs is 2. The Morgan fingerprint density at radius 3 is 1.28 bits per heavy atom. The number of aromatic hydroxyl groups is 2. The molecule has 2 aromatic heterocycles. The molecule has 4 rings (SSSR count). The van der Waals surface area contributed by atoms with E-state index in [2.05, 4.69) is 9.97 Å². The number of benzene rings is 2. The van der Waals surface area contributed by atoms with Crippen molar-refractivity contribution in [3.8, 4) is 11.5 Å². The van der Waals surface area contributed by atoms with Crippen molar-refractivity contribution in [2.24, 2.45) is 0 Å². The van der Waals surface area contributed by atoms with Gasteiger partial charge < -0.3 is 21.2 Å². The van der Waals surface area contributed by atoms with Gasteiger partial charge in [-0.2, -0.15) is 0 Å². The van der Waals surface area contributed by atoms with Crippen molar-refractivity contribution in [3.05, 3.63) is 73.1 Å². The van der Waals surface area contributed by atoms with Crippen LogP contribution in [0, 0.1) is 0 Å². The van der Waals surface area contributed by atoms with Crippen LogP contribution in [0.4, 0.5) is 0 Å². The molecule has 0 spiro atoms. The van der Waals surface area contributed by atoms with Crippen LogP contribution in [-0.2, 0) is 18.6 Å². The summed E-state index contributed by atoms with van der Waals surface area (Å²) in [7, 11) is 0. The molecular formula is C18H18N2O4V. The second-order valence-electron chi connectivity index (χ2n) is 4.70. The fourth-order valence-electron chi connectivity index (χ4n) is 2.18. The summed E-state index contributed by atoms with van der Waals surface area (Å²) in [5.41, 5.74) is 1.32. The van der Waals surface area contributed by atoms with Crippen LogP contribution in [0.1, 0.15) is 0 Å². The van der Waals surface area contributed by atoms with E-state index in [-0.39, 0.29) is 41.0 Å². The third-order valence-corrected chi connectivity index (χ3v) is 3.22. The van der Waals surface area contributed by atoms with Gasteiger partial charge in [0.1, 0.15) is 22.5 Å². The van der Waals surface area contributed by atoms with Crippen LogP contribution in [0.2, 0.25) is 0 Å². The third-order valence-electron chi connectivity index (χ3n) is 3.22. The fourth-order valence-corrected chi connectivity index (χ4v) is 2.18.